The number of aromatic nitrogens is 2. The van der Waals surface area contributed by atoms with Crippen molar-refractivity contribution in [2.45, 2.75) is 5.92 Å². The van der Waals surface area contributed by atoms with Crippen LogP contribution in [-0.4, -0.2) is 43.2 Å². The molecule has 0 bridgehead atoms. The van der Waals surface area contributed by atoms with Crippen LogP contribution in [0.5, 0.6) is 5.75 Å². The first-order valence-corrected chi connectivity index (χ1v) is 9.65. The number of carbonyl (C=O) groups is 1. The summed E-state index contributed by atoms with van der Waals surface area (Å²) in [6.07, 6.45) is 2.63. The molecule has 1 atom stereocenters. The molecular formula is C21H20ClFN4O3. The molecule has 30 heavy (non-hydrogen) atoms. The summed E-state index contributed by atoms with van der Waals surface area (Å²) < 4.78 is 25.4. The van der Waals surface area contributed by atoms with E-state index in [1.807, 2.05) is 0 Å². The molecule has 1 aliphatic heterocycles. The van der Waals surface area contributed by atoms with Crippen LogP contribution in [0.4, 0.5) is 15.8 Å². The van der Waals surface area contributed by atoms with E-state index in [0.29, 0.717) is 52.2 Å². The number of hydrogen-bond donors (Lipinski definition) is 3. The summed E-state index contributed by atoms with van der Waals surface area (Å²) in [6, 6.07) is 6.77. The standard InChI is InChI=1S/C21H20ClFN4O3/c1-29-10-11-8-25-21(28)16-17(11)27-18(12-6-7-24-9-14(12)23)19(16)26-15-5-3-4-13(22)20(15)30-2/h3-7,9,11,26-27H,8,10H2,1-2H3,(H,25,28). The van der Waals surface area contributed by atoms with E-state index >= 15 is 0 Å². The molecule has 2 aromatic heterocycles. The van der Waals surface area contributed by atoms with E-state index in [4.69, 9.17) is 21.1 Å². The van der Waals surface area contributed by atoms with Gasteiger partial charge in [-0.2, -0.15) is 0 Å². The molecule has 0 aliphatic carbocycles. The van der Waals surface area contributed by atoms with Crippen LogP contribution in [-0.2, 0) is 4.74 Å². The molecule has 7 nitrogen and oxygen atoms in total. The van der Waals surface area contributed by atoms with Crippen LogP contribution in [0.3, 0.4) is 0 Å². The number of benzene rings is 1. The number of ether oxygens (including phenoxy) is 2. The molecule has 3 heterocycles. The number of fused-ring (bicyclic) bond motifs is 1. The van der Waals surface area contributed by atoms with Crippen LogP contribution in [0.1, 0.15) is 22.0 Å². The number of carbonyl (C=O) groups excluding carboxylic acids is 1. The highest BCUT2D eigenvalue weighted by atomic mass is 35.5. The van der Waals surface area contributed by atoms with Crippen molar-refractivity contribution >= 4 is 28.9 Å². The summed E-state index contributed by atoms with van der Waals surface area (Å²) in [5.41, 5.74) is 2.76. The number of para-hydroxylation sites is 1. The average molecular weight is 431 g/mol. The van der Waals surface area contributed by atoms with Gasteiger partial charge in [-0.25, -0.2) is 4.39 Å². The third kappa shape index (κ3) is 3.48. The fourth-order valence-corrected chi connectivity index (χ4v) is 3.92. The fraction of sp³-hybridized carbons (Fsp3) is 0.238. The normalized spacial score (nSPS) is 15.5. The minimum atomic E-state index is -0.513. The summed E-state index contributed by atoms with van der Waals surface area (Å²) in [5.74, 6) is -0.471. The molecule has 0 radical (unpaired) electrons. The summed E-state index contributed by atoms with van der Waals surface area (Å²) >= 11 is 6.25. The number of nitrogens with zero attached hydrogens (tertiary/aromatic N) is 1. The van der Waals surface area contributed by atoms with Gasteiger partial charge in [-0.3, -0.25) is 9.78 Å². The Hall–Kier alpha value is -3.10. The van der Waals surface area contributed by atoms with Crippen molar-refractivity contribution in [3.8, 4) is 17.0 Å². The van der Waals surface area contributed by atoms with Crippen molar-refractivity contribution in [1.29, 1.82) is 0 Å². The zero-order chi connectivity index (χ0) is 21.3. The zero-order valence-electron chi connectivity index (χ0n) is 16.4. The van der Waals surface area contributed by atoms with Gasteiger partial charge in [0.1, 0.15) is 0 Å². The van der Waals surface area contributed by atoms with E-state index in [2.05, 4.69) is 20.6 Å². The van der Waals surface area contributed by atoms with Crippen LogP contribution >= 0.6 is 11.6 Å². The van der Waals surface area contributed by atoms with Crippen molar-refractivity contribution in [2.75, 3.05) is 32.7 Å². The third-order valence-corrected chi connectivity index (χ3v) is 5.31. The van der Waals surface area contributed by atoms with E-state index in [1.165, 1.54) is 13.3 Å². The highest BCUT2D eigenvalue weighted by molar-refractivity contribution is 6.32. The number of halogens is 2. The van der Waals surface area contributed by atoms with E-state index in [0.717, 1.165) is 6.20 Å². The second kappa shape index (κ2) is 8.33. The van der Waals surface area contributed by atoms with Crippen molar-refractivity contribution in [3.63, 3.8) is 0 Å². The smallest absolute Gasteiger partial charge is 0.255 e. The Bertz CT molecular complexity index is 1100. The SMILES string of the molecule is COCC1CNC(=O)c2c1[nH]c(-c1ccncc1F)c2Nc1cccc(Cl)c1OC. The monoisotopic (exact) mass is 430 g/mol. The van der Waals surface area contributed by atoms with Gasteiger partial charge in [0.2, 0.25) is 0 Å². The summed E-state index contributed by atoms with van der Waals surface area (Å²) in [6.45, 7) is 0.810. The Kier molecular flexibility index (Phi) is 5.61. The van der Waals surface area contributed by atoms with Crippen LogP contribution in [0.2, 0.25) is 5.02 Å². The van der Waals surface area contributed by atoms with Gasteiger partial charge in [-0.05, 0) is 18.2 Å². The predicted molar refractivity (Wildman–Crippen MR) is 112 cm³/mol. The lowest BCUT2D eigenvalue weighted by Gasteiger charge is -2.23. The molecule has 1 amide bonds. The Balaban J connectivity index is 1.93. The first-order chi connectivity index (χ1) is 14.5. The van der Waals surface area contributed by atoms with Gasteiger partial charge < -0.3 is 25.1 Å². The summed E-state index contributed by atoms with van der Waals surface area (Å²) in [4.78, 5) is 19.9. The number of aromatic amines is 1. The van der Waals surface area contributed by atoms with Crippen LogP contribution in [0.15, 0.2) is 36.7 Å². The van der Waals surface area contributed by atoms with Crippen molar-refractivity contribution in [2.24, 2.45) is 0 Å². The first kappa shape index (κ1) is 20.2. The van der Waals surface area contributed by atoms with Crippen LogP contribution < -0.4 is 15.4 Å². The molecule has 1 unspecified atom stereocenters. The van der Waals surface area contributed by atoms with Crippen molar-refractivity contribution in [3.05, 3.63) is 58.8 Å². The average Bonchev–Trinajstić information content (AvgIpc) is 3.11. The second-order valence-electron chi connectivity index (χ2n) is 6.83. The van der Waals surface area contributed by atoms with Gasteiger partial charge >= 0.3 is 0 Å². The number of anilines is 2. The van der Waals surface area contributed by atoms with Crippen molar-refractivity contribution in [1.82, 2.24) is 15.3 Å². The van der Waals surface area contributed by atoms with Gasteiger partial charge in [-0.15, -0.1) is 0 Å². The molecule has 3 N–H and O–H groups in total. The first-order valence-electron chi connectivity index (χ1n) is 9.27. The van der Waals surface area contributed by atoms with Gasteiger partial charge in [0.15, 0.2) is 11.6 Å². The molecule has 156 valence electrons. The summed E-state index contributed by atoms with van der Waals surface area (Å²) in [7, 11) is 3.10. The number of methoxy groups -OCH3 is 2. The summed E-state index contributed by atoms with van der Waals surface area (Å²) in [5, 5.41) is 6.51. The van der Waals surface area contributed by atoms with Crippen molar-refractivity contribution < 1.29 is 18.7 Å². The highest BCUT2D eigenvalue weighted by Gasteiger charge is 2.33. The van der Waals surface area contributed by atoms with E-state index in [-0.39, 0.29) is 17.4 Å². The Morgan fingerprint density at radius 2 is 2.17 bits per heavy atom. The maximum Gasteiger partial charge on any atom is 0.255 e. The molecule has 3 aromatic rings. The van der Waals surface area contributed by atoms with Gasteiger partial charge in [0.05, 0.1) is 47.6 Å². The van der Waals surface area contributed by atoms with E-state index in [9.17, 15) is 9.18 Å². The highest BCUT2D eigenvalue weighted by Crippen LogP contribution is 2.42. The lowest BCUT2D eigenvalue weighted by atomic mass is 9.97. The van der Waals surface area contributed by atoms with E-state index < -0.39 is 5.82 Å². The molecule has 0 fully saturated rings. The number of nitrogens with one attached hydrogen (secondary N) is 3. The Morgan fingerprint density at radius 1 is 1.33 bits per heavy atom. The maximum absolute atomic E-state index is 14.6. The lowest BCUT2D eigenvalue weighted by molar-refractivity contribution is 0.0925. The molecule has 0 spiro atoms. The minimum Gasteiger partial charge on any atom is -0.493 e. The zero-order valence-corrected chi connectivity index (χ0v) is 17.1. The maximum atomic E-state index is 14.6. The third-order valence-electron chi connectivity index (χ3n) is 5.01. The Morgan fingerprint density at radius 3 is 2.90 bits per heavy atom. The lowest BCUT2D eigenvalue weighted by Crippen LogP contribution is -2.36. The molecule has 1 aromatic carbocycles. The van der Waals surface area contributed by atoms with Gasteiger partial charge in [0.25, 0.3) is 5.91 Å². The molecule has 0 saturated carbocycles. The van der Waals surface area contributed by atoms with Crippen LogP contribution in [0.25, 0.3) is 11.3 Å². The minimum absolute atomic E-state index is 0.108. The number of H-pyrrole nitrogens is 1. The predicted octanol–water partition coefficient (Wildman–Crippen LogP) is 4.09. The number of rotatable bonds is 6. The van der Waals surface area contributed by atoms with Crippen LogP contribution in [0, 0.1) is 5.82 Å². The molecular weight excluding hydrogens is 411 g/mol. The van der Waals surface area contributed by atoms with Gasteiger partial charge in [0, 0.05) is 37.0 Å². The topological polar surface area (TPSA) is 88.3 Å². The Labute approximate surface area is 177 Å². The molecule has 9 heteroatoms. The number of amides is 1. The van der Waals surface area contributed by atoms with E-state index in [1.54, 1.807) is 31.4 Å². The molecule has 0 saturated heterocycles. The number of pyridine rings is 1. The quantitative estimate of drug-likeness (QED) is 0.548. The molecule has 4 rings (SSSR count). The fourth-order valence-electron chi connectivity index (χ4n) is 3.67. The van der Waals surface area contributed by atoms with Gasteiger partial charge in [-0.1, -0.05) is 17.7 Å². The molecule has 1 aliphatic rings. The largest absolute Gasteiger partial charge is 0.493 e. The number of hydrogen-bond acceptors (Lipinski definition) is 5. The second-order valence-corrected chi connectivity index (χ2v) is 7.23.